The summed E-state index contributed by atoms with van der Waals surface area (Å²) in [5, 5.41) is 0.595. The molecule has 1 aliphatic carbocycles. The Balaban J connectivity index is 0.00000144. The van der Waals surface area contributed by atoms with Crippen molar-refractivity contribution in [2.75, 3.05) is 13.3 Å². The van der Waals surface area contributed by atoms with Crippen LogP contribution < -0.4 is 4.40 Å². The van der Waals surface area contributed by atoms with Crippen LogP contribution in [-0.4, -0.2) is 29.8 Å². The van der Waals surface area contributed by atoms with Crippen molar-refractivity contribution in [3.8, 4) is 0 Å². The van der Waals surface area contributed by atoms with Crippen molar-refractivity contribution in [3.63, 3.8) is 0 Å². The first-order valence-corrected chi connectivity index (χ1v) is 10.4. The Morgan fingerprint density at radius 2 is 1.65 bits per heavy atom. The third kappa shape index (κ3) is 3.18. The van der Waals surface area contributed by atoms with E-state index >= 15 is 0 Å². The van der Waals surface area contributed by atoms with E-state index in [2.05, 4.69) is 37.6 Å². The van der Waals surface area contributed by atoms with Crippen LogP contribution in [0.2, 0.25) is 0 Å². The van der Waals surface area contributed by atoms with Gasteiger partial charge in [-0.25, -0.2) is 0 Å². The van der Waals surface area contributed by atoms with E-state index in [1.807, 2.05) is 0 Å². The first kappa shape index (κ1) is 15.8. The largest absolute Gasteiger partial charge is 0 e. The maximum atomic E-state index is 2.52. The van der Waals surface area contributed by atoms with Gasteiger partial charge >= 0.3 is 109 Å². The van der Waals surface area contributed by atoms with Gasteiger partial charge in [-0.3, -0.25) is 0 Å². The minimum absolute atomic E-state index is 0. The molecule has 1 aliphatic rings. The number of hydrogen-bond acceptors (Lipinski definition) is 0. The number of benzene rings is 1. The van der Waals surface area contributed by atoms with Gasteiger partial charge < -0.3 is 0 Å². The monoisotopic (exact) mass is 359 g/mol. The molecule has 0 atom stereocenters. The van der Waals surface area contributed by atoms with E-state index in [4.69, 9.17) is 0 Å². The molecule has 0 bridgehead atoms. The van der Waals surface area contributed by atoms with Crippen molar-refractivity contribution in [2.45, 2.75) is 37.3 Å². The maximum absolute atomic E-state index is 2.52. The van der Waals surface area contributed by atoms with E-state index in [-0.39, 0.29) is 25.0 Å². The molecular formula is C14H23CuGeP+. The molecule has 0 heterocycles. The molecule has 0 amide bonds. The summed E-state index contributed by atoms with van der Waals surface area (Å²) in [5.74, 6) is 0. The second-order valence-corrected chi connectivity index (χ2v) is 9.86. The maximum Gasteiger partial charge on any atom is 0 e. The van der Waals surface area contributed by atoms with E-state index < -0.39 is 0 Å². The molecule has 0 saturated heterocycles. The molecule has 1 fully saturated rings. The third-order valence-corrected chi connectivity index (χ3v) is 8.17. The molecule has 0 N–H and O–H groups in total. The van der Waals surface area contributed by atoms with E-state index in [1.54, 1.807) is 9.96 Å². The van der Waals surface area contributed by atoms with Gasteiger partial charge in [0.1, 0.15) is 0 Å². The summed E-state index contributed by atoms with van der Waals surface area (Å²) < 4.78 is 1.63. The predicted octanol–water partition coefficient (Wildman–Crippen LogP) is 2.58. The summed E-state index contributed by atoms with van der Waals surface area (Å²) in [7, 11) is -0.249. The molecule has 1 aromatic rings. The summed E-state index contributed by atoms with van der Waals surface area (Å²) in [6.45, 7) is 5.03. The molecule has 17 heavy (non-hydrogen) atoms. The summed E-state index contributed by atoms with van der Waals surface area (Å²) in [5.41, 5.74) is 1.72. The summed E-state index contributed by atoms with van der Waals surface area (Å²) in [4.78, 5) is 0. The number of hydrogen-bond donors (Lipinski definition) is 0. The molecular weight excluding hydrogens is 335 g/mol. The molecule has 0 unspecified atom stereocenters. The minimum Gasteiger partial charge on any atom is 0 e. The quantitative estimate of drug-likeness (QED) is 0.563. The second kappa shape index (κ2) is 6.76. The zero-order chi connectivity index (χ0) is 11.6. The van der Waals surface area contributed by atoms with E-state index in [0.717, 1.165) is 0 Å². The molecule has 0 aliphatic heterocycles. The molecule has 0 spiro atoms. The Morgan fingerprint density at radius 3 is 2.18 bits per heavy atom. The molecule has 3 heteroatoms. The average Bonchev–Trinajstić information content (AvgIpc) is 2.30. The molecule has 0 nitrogen and oxygen atoms in total. The molecule has 2 rings (SSSR count). The van der Waals surface area contributed by atoms with Gasteiger partial charge in [-0.1, -0.05) is 0 Å². The average molecular weight is 358 g/mol. The Kier molecular flexibility index (Phi) is 6.27. The molecule has 0 aromatic heterocycles. The third-order valence-electron chi connectivity index (χ3n) is 4.20. The van der Waals surface area contributed by atoms with Gasteiger partial charge in [0.15, 0.2) is 0 Å². The van der Waals surface area contributed by atoms with Crippen LogP contribution >= 0.6 is 7.92 Å². The smallest absolute Gasteiger partial charge is 0 e. The van der Waals surface area contributed by atoms with Crippen molar-refractivity contribution >= 4 is 28.8 Å². The fourth-order valence-corrected chi connectivity index (χ4v) is 6.93. The molecule has 98 valence electrons. The van der Waals surface area contributed by atoms with E-state index in [9.17, 15) is 0 Å². The van der Waals surface area contributed by atoms with E-state index in [0.29, 0.717) is 5.16 Å². The van der Waals surface area contributed by atoms with Crippen molar-refractivity contribution in [2.24, 2.45) is 0 Å². The van der Waals surface area contributed by atoms with Crippen molar-refractivity contribution in [3.05, 3.63) is 29.8 Å². The minimum atomic E-state index is -0.249. The van der Waals surface area contributed by atoms with Gasteiger partial charge in [0.05, 0.1) is 0 Å². The van der Waals surface area contributed by atoms with Crippen LogP contribution in [0.5, 0.6) is 0 Å². The summed E-state index contributed by atoms with van der Waals surface area (Å²) in [6, 6.07) is 9.21. The molecule has 1 saturated carbocycles. The van der Waals surface area contributed by atoms with Crippen LogP contribution in [0.1, 0.15) is 37.7 Å². The van der Waals surface area contributed by atoms with Crippen LogP contribution in [0.4, 0.5) is 0 Å². The van der Waals surface area contributed by atoms with Gasteiger partial charge in [0.25, 0.3) is 0 Å². The topological polar surface area (TPSA) is 0 Å². The van der Waals surface area contributed by atoms with Crippen LogP contribution in [-0.2, 0) is 22.2 Å². The van der Waals surface area contributed by atoms with Crippen molar-refractivity contribution < 1.29 is 17.1 Å². The Labute approximate surface area is 126 Å². The predicted molar refractivity (Wildman–Crippen MR) is 79.5 cm³/mol. The van der Waals surface area contributed by atoms with Crippen LogP contribution in [0.3, 0.4) is 0 Å². The molecule has 1 aromatic carbocycles. The van der Waals surface area contributed by atoms with Gasteiger partial charge in [-0.15, -0.1) is 0 Å². The zero-order valence-corrected chi connectivity index (χ0v) is 15.8. The first-order valence-electron chi connectivity index (χ1n) is 6.39. The summed E-state index contributed by atoms with van der Waals surface area (Å²) >= 11 is 1.31. The number of rotatable bonds is 2. The van der Waals surface area contributed by atoms with Gasteiger partial charge in [0.2, 0.25) is 0 Å². The van der Waals surface area contributed by atoms with Gasteiger partial charge in [0, 0.05) is 17.1 Å². The first-order chi connectivity index (χ1) is 7.67. The van der Waals surface area contributed by atoms with Gasteiger partial charge in [-0.05, 0) is 0 Å². The van der Waals surface area contributed by atoms with E-state index in [1.165, 1.54) is 48.6 Å². The van der Waals surface area contributed by atoms with Crippen LogP contribution in [0.15, 0.2) is 24.3 Å². The standard InChI is InChI=1S/C14H22GeP.Cu/c1-16(2)14(10-6-3-7-11-14)12-8-4-5-9-13(12)15;/h4-5,8-9H,3,6-7,10-11,15H2,1-2H3;/p+1. The van der Waals surface area contributed by atoms with Crippen molar-refractivity contribution in [1.29, 1.82) is 0 Å². The zero-order valence-electron chi connectivity index (χ0n) is 10.9. The Morgan fingerprint density at radius 1 is 1.06 bits per heavy atom. The Bertz CT molecular complexity index is 359. The summed E-state index contributed by atoms with van der Waals surface area (Å²) in [6.07, 6.45) is 7.25. The normalized spacial score (nSPS) is 18.8. The van der Waals surface area contributed by atoms with Gasteiger partial charge in [-0.2, -0.15) is 0 Å². The second-order valence-electron chi connectivity index (χ2n) is 5.30. The molecule has 2 radical (unpaired) electrons. The van der Waals surface area contributed by atoms with Crippen LogP contribution in [0.25, 0.3) is 0 Å². The van der Waals surface area contributed by atoms with Crippen LogP contribution in [0, 0.1) is 0 Å². The SMILES string of the molecule is C[PH+](C)C1(c2cccc[c]2[GeH2])CCCCC1.[Cu]. The fraction of sp³-hybridized carbons (Fsp3) is 0.571. The fourth-order valence-electron chi connectivity index (χ4n) is 3.18. The van der Waals surface area contributed by atoms with Crippen molar-refractivity contribution in [1.82, 2.24) is 0 Å². The Hall–Kier alpha value is 0.712.